The van der Waals surface area contributed by atoms with Crippen LogP contribution in [0.15, 0.2) is 59.6 Å². The van der Waals surface area contributed by atoms with E-state index in [9.17, 15) is 13.2 Å². The quantitative estimate of drug-likeness (QED) is 0.410. The number of para-hydroxylation sites is 1. The molecule has 0 fully saturated rings. The molecule has 1 amide bonds. The Bertz CT molecular complexity index is 1430. The van der Waals surface area contributed by atoms with Crippen LogP contribution in [-0.2, 0) is 14.8 Å². The highest BCUT2D eigenvalue weighted by atomic mass is 32.2. The van der Waals surface area contributed by atoms with Crippen molar-refractivity contribution in [3.8, 4) is 16.9 Å². The molecule has 0 aliphatic heterocycles. The molecule has 0 spiro atoms. The molecule has 0 saturated heterocycles. The van der Waals surface area contributed by atoms with Crippen LogP contribution in [0.2, 0.25) is 0 Å². The van der Waals surface area contributed by atoms with Gasteiger partial charge in [0.2, 0.25) is 5.91 Å². The van der Waals surface area contributed by atoms with E-state index >= 15 is 0 Å². The van der Waals surface area contributed by atoms with Gasteiger partial charge in [0, 0.05) is 24.2 Å². The molecular weight excluding hydrogens is 430 g/mol. The number of aromatic amines is 1. The number of benzene rings is 2. The summed E-state index contributed by atoms with van der Waals surface area (Å²) in [4.78, 5) is 15.9. The lowest BCUT2D eigenvalue weighted by Crippen LogP contribution is -2.14. The number of nitrogens with zero attached hydrogens (tertiary/aromatic N) is 2. The Morgan fingerprint density at radius 1 is 1.12 bits per heavy atom. The van der Waals surface area contributed by atoms with E-state index in [0.717, 1.165) is 5.56 Å². The predicted octanol–water partition coefficient (Wildman–Crippen LogP) is 3.70. The number of fused-ring (bicyclic) bond motifs is 1. The summed E-state index contributed by atoms with van der Waals surface area (Å²) in [6, 6.07) is 13.5. The third-order valence-electron chi connectivity index (χ3n) is 4.89. The topological polar surface area (TPSA) is 126 Å². The molecule has 10 heteroatoms. The first-order valence-corrected chi connectivity index (χ1v) is 11.2. The maximum atomic E-state index is 13.1. The van der Waals surface area contributed by atoms with Gasteiger partial charge in [0.1, 0.15) is 11.6 Å². The lowest BCUT2D eigenvalue weighted by Gasteiger charge is -2.14. The van der Waals surface area contributed by atoms with Crippen LogP contribution in [0.1, 0.15) is 12.5 Å². The number of aromatic nitrogens is 3. The van der Waals surface area contributed by atoms with Crippen molar-refractivity contribution in [3.63, 3.8) is 0 Å². The van der Waals surface area contributed by atoms with Gasteiger partial charge in [0.25, 0.3) is 10.0 Å². The highest BCUT2D eigenvalue weighted by Crippen LogP contribution is 2.34. The van der Waals surface area contributed by atoms with Gasteiger partial charge in [-0.3, -0.25) is 14.6 Å². The van der Waals surface area contributed by atoms with Crippen LogP contribution < -0.4 is 14.8 Å². The Morgan fingerprint density at radius 2 is 1.91 bits per heavy atom. The number of anilines is 2. The van der Waals surface area contributed by atoms with Crippen molar-refractivity contribution in [2.75, 3.05) is 17.1 Å². The lowest BCUT2D eigenvalue weighted by atomic mass is 10.1. The Balaban J connectivity index is 1.79. The number of methoxy groups -OCH3 is 1. The third-order valence-corrected chi connectivity index (χ3v) is 6.26. The number of amides is 1. The second kappa shape index (κ2) is 8.31. The second-order valence-electron chi connectivity index (χ2n) is 7.16. The molecule has 0 unspecified atom stereocenters. The summed E-state index contributed by atoms with van der Waals surface area (Å²) in [7, 11) is -2.34. The van der Waals surface area contributed by atoms with Crippen LogP contribution >= 0.6 is 0 Å². The highest BCUT2D eigenvalue weighted by molar-refractivity contribution is 7.92. The molecule has 0 radical (unpaired) electrons. The molecule has 0 bridgehead atoms. The molecule has 0 aliphatic carbocycles. The summed E-state index contributed by atoms with van der Waals surface area (Å²) in [5.41, 5.74) is 2.87. The van der Waals surface area contributed by atoms with E-state index in [0.29, 0.717) is 39.4 Å². The molecule has 164 valence electrons. The van der Waals surface area contributed by atoms with Crippen molar-refractivity contribution < 1.29 is 17.9 Å². The number of hydrogen-bond donors (Lipinski definition) is 3. The number of sulfonamides is 1. The number of nitrogens with one attached hydrogen (secondary N) is 3. The van der Waals surface area contributed by atoms with E-state index < -0.39 is 10.0 Å². The minimum Gasteiger partial charge on any atom is -0.496 e. The molecule has 32 heavy (non-hydrogen) atoms. The molecule has 2 aromatic carbocycles. The van der Waals surface area contributed by atoms with E-state index in [4.69, 9.17) is 4.74 Å². The molecule has 0 atom stereocenters. The zero-order valence-corrected chi connectivity index (χ0v) is 18.4. The van der Waals surface area contributed by atoms with Crippen molar-refractivity contribution in [1.29, 1.82) is 0 Å². The third kappa shape index (κ3) is 4.12. The summed E-state index contributed by atoms with van der Waals surface area (Å²) >= 11 is 0. The van der Waals surface area contributed by atoms with Crippen molar-refractivity contribution in [1.82, 2.24) is 15.2 Å². The Morgan fingerprint density at radius 3 is 2.62 bits per heavy atom. The second-order valence-corrected chi connectivity index (χ2v) is 8.84. The van der Waals surface area contributed by atoms with Crippen LogP contribution in [0.25, 0.3) is 22.2 Å². The van der Waals surface area contributed by atoms with Gasteiger partial charge in [-0.2, -0.15) is 5.10 Å². The fourth-order valence-electron chi connectivity index (χ4n) is 3.29. The number of rotatable bonds is 6. The largest absolute Gasteiger partial charge is 0.496 e. The van der Waals surface area contributed by atoms with Gasteiger partial charge in [0.05, 0.1) is 23.1 Å². The summed E-state index contributed by atoms with van der Waals surface area (Å²) in [5, 5.41) is 10.1. The van der Waals surface area contributed by atoms with Crippen LogP contribution in [0.3, 0.4) is 0 Å². The number of H-pyrrole nitrogens is 1. The van der Waals surface area contributed by atoms with Crippen LogP contribution in [0, 0.1) is 6.92 Å². The maximum Gasteiger partial charge on any atom is 0.261 e. The average molecular weight is 452 g/mol. The fraction of sp³-hybridized carbons (Fsp3) is 0.136. The van der Waals surface area contributed by atoms with Crippen molar-refractivity contribution >= 4 is 38.5 Å². The molecular formula is C22H21N5O4S. The molecule has 9 nitrogen and oxygen atoms in total. The van der Waals surface area contributed by atoms with Crippen LogP contribution in [-0.4, -0.2) is 36.6 Å². The number of ether oxygens (including phenoxy) is 1. The highest BCUT2D eigenvalue weighted by Gasteiger charge is 2.19. The average Bonchev–Trinajstić information content (AvgIpc) is 3.16. The van der Waals surface area contributed by atoms with Crippen LogP contribution in [0.4, 0.5) is 11.5 Å². The first-order valence-electron chi connectivity index (χ1n) is 9.67. The molecule has 2 aromatic heterocycles. The number of aryl methyl sites for hydroxylation is 1. The van der Waals surface area contributed by atoms with Gasteiger partial charge >= 0.3 is 0 Å². The smallest absolute Gasteiger partial charge is 0.261 e. The number of pyridine rings is 1. The molecule has 0 aliphatic rings. The fourth-order valence-corrected chi connectivity index (χ4v) is 4.45. The first-order chi connectivity index (χ1) is 15.3. The molecule has 4 rings (SSSR count). The van der Waals surface area contributed by atoms with Crippen LogP contribution in [0.5, 0.6) is 5.75 Å². The summed E-state index contributed by atoms with van der Waals surface area (Å²) < 4.78 is 34.2. The van der Waals surface area contributed by atoms with Gasteiger partial charge in [-0.25, -0.2) is 13.4 Å². The van der Waals surface area contributed by atoms with Gasteiger partial charge in [-0.15, -0.1) is 0 Å². The van der Waals surface area contributed by atoms with E-state index in [2.05, 4.69) is 25.2 Å². The summed E-state index contributed by atoms with van der Waals surface area (Å²) in [6.07, 6.45) is 1.57. The lowest BCUT2D eigenvalue weighted by molar-refractivity contribution is -0.114. The normalized spacial score (nSPS) is 11.3. The first kappa shape index (κ1) is 21.3. The van der Waals surface area contributed by atoms with E-state index in [1.165, 1.54) is 26.2 Å². The monoisotopic (exact) mass is 451 g/mol. The van der Waals surface area contributed by atoms with Gasteiger partial charge in [-0.1, -0.05) is 18.2 Å². The zero-order valence-electron chi connectivity index (χ0n) is 17.6. The van der Waals surface area contributed by atoms with E-state index in [1.807, 2.05) is 19.1 Å². The molecule has 3 N–H and O–H groups in total. The SMILES string of the molecule is COc1ccc(S(=O)(=O)Nc2ccccc2C)cc1-c1cnc2n[nH]c(NC(C)=O)c2c1. The Kier molecular flexibility index (Phi) is 5.54. The van der Waals surface area contributed by atoms with Gasteiger partial charge in [0.15, 0.2) is 5.65 Å². The Labute approximate surface area is 184 Å². The zero-order chi connectivity index (χ0) is 22.9. The standard InChI is InChI=1S/C22H21N5O4S/c1-13-6-4-5-7-19(13)27-32(29,30)16-8-9-20(31-3)17(11-16)15-10-18-21(23-12-15)25-26-22(18)24-14(2)28/h4-12,27H,1-3H3,(H2,23,24,25,26,28). The van der Waals surface area contributed by atoms with Crippen molar-refractivity contribution in [3.05, 3.63) is 60.3 Å². The van der Waals surface area contributed by atoms with Crippen molar-refractivity contribution in [2.24, 2.45) is 0 Å². The molecule has 2 heterocycles. The molecule has 4 aromatic rings. The maximum absolute atomic E-state index is 13.1. The summed E-state index contributed by atoms with van der Waals surface area (Å²) in [6.45, 7) is 3.22. The van der Waals surface area contributed by atoms with E-state index in [-0.39, 0.29) is 10.8 Å². The Hall–Kier alpha value is -3.92. The number of carbonyl (C=O) groups is 1. The summed E-state index contributed by atoms with van der Waals surface area (Å²) in [5.74, 6) is 0.630. The van der Waals surface area contributed by atoms with Crippen molar-refractivity contribution in [2.45, 2.75) is 18.7 Å². The molecule has 0 saturated carbocycles. The van der Waals surface area contributed by atoms with Gasteiger partial charge < -0.3 is 10.1 Å². The number of carbonyl (C=O) groups excluding carboxylic acids is 1. The minimum absolute atomic E-state index is 0.0749. The van der Waals surface area contributed by atoms with Gasteiger partial charge in [-0.05, 0) is 42.8 Å². The minimum atomic E-state index is -3.85. The predicted molar refractivity (Wildman–Crippen MR) is 122 cm³/mol. The van der Waals surface area contributed by atoms with E-state index in [1.54, 1.807) is 30.5 Å². The number of hydrogen-bond acceptors (Lipinski definition) is 6.